The van der Waals surface area contributed by atoms with Crippen LogP contribution in [0.15, 0.2) is 24.3 Å². The van der Waals surface area contributed by atoms with Crippen molar-refractivity contribution in [3.05, 3.63) is 29.8 Å². The van der Waals surface area contributed by atoms with Gasteiger partial charge in [-0.15, -0.1) is 0 Å². The molecule has 0 aromatic heterocycles. The van der Waals surface area contributed by atoms with Crippen LogP contribution in [0.4, 0.5) is 0 Å². The number of likely N-dealkylation sites (tertiary alicyclic amines) is 1. The van der Waals surface area contributed by atoms with E-state index in [0.29, 0.717) is 31.8 Å². The van der Waals surface area contributed by atoms with E-state index in [9.17, 15) is 9.90 Å². The van der Waals surface area contributed by atoms with Crippen molar-refractivity contribution in [1.29, 1.82) is 0 Å². The van der Waals surface area contributed by atoms with Gasteiger partial charge < -0.3 is 14.7 Å². The summed E-state index contributed by atoms with van der Waals surface area (Å²) in [6.45, 7) is 3.28. The second-order valence-corrected chi connectivity index (χ2v) is 6.54. The van der Waals surface area contributed by atoms with Crippen LogP contribution in [0.1, 0.15) is 31.2 Å². The van der Waals surface area contributed by atoms with Gasteiger partial charge in [0.05, 0.1) is 6.54 Å². The highest BCUT2D eigenvalue weighted by molar-refractivity contribution is 5.77. The molecule has 1 amide bonds. The number of rotatable bonds is 5. The highest BCUT2D eigenvalue weighted by Gasteiger charge is 2.40. The number of ether oxygens (including phenoxy) is 1. The van der Waals surface area contributed by atoms with Crippen molar-refractivity contribution in [2.75, 3.05) is 19.7 Å². The SMILES string of the molecule is Cc1cccc(OC[C@]2(O)CCN(C(=O)CC3CC3)C2)c1. The molecule has 0 radical (unpaired) electrons. The molecule has 4 heteroatoms. The molecular formula is C17H23NO3. The zero-order valence-electron chi connectivity index (χ0n) is 12.5. The Bertz CT molecular complexity index is 527. The lowest BCUT2D eigenvalue weighted by Crippen LogP contribution is -2.40. The van der Waals surface area contributed by atoms with Crippen molar-refractivity contribution in [1.82, 2.24) is 4.90 Å². The zero-order valence-corrected chi connectivity index (χ0v) is 12.5. The Morgan fingerprint density at radius 2 is 2.29 bits per heavy atom. The van der Waals surface area contributed by atoms with E-state index in [0.717, 1.165) is 11.3 Å². The van der Waals surface area contributed by atoms with Gasteiger partial charge in [-0.05, 0) is 49.8 Å². The van der Waals surface area contributed by atoms with E-state index in [2.05, 4.69) is 0 Å². The molecule has 1 saturated heterocycles. The van der Waals surface area contributed by atoms with Gasteiger partial charge in [-0.25, -0.2) is 0 Å². The minimum absolute atomic E-state index is 0.184. The molecule has 1 aromatic rings. The van der Waals surface area contributed by atoms with Crippen molar-refractivity contribution in [2.24, 2.45) is 5.92 Å². The molecule has 3 rings (SSSR count). The van der Waals surface area contributed by atoms with E-state index in [1.54, 1.807) is 4.90 Å². The quantitative estimate of drug-likeness (QED) is 0.903. The lowest BCUT2D eigenvalue weighted by molar-refractivity contribution is -0.131. The number of carbonyl (C=O) groups excluding carboxylic acids is 1. The first-order chi connectivity index (χ1) is 10.0. The van der Waals surface area contributed by atoms with Crippen LogP contribution in [0, 0.1) is 12.8 Å². The number of amides is 1. The third kappa shape index (κ3) is 3.76. The van der Waals surface area contributed by atoms with E-state index < -0.39 is 5.60 Å². The average molecular weight is 289 g/mol. The van der Waals surface area contributed by atoms with E-state index in [4.69, 9.17) is 4.74 Å². The van der Waals surface area contributed by atoms with E-state index in [1.165, 1.54) is 12.8 Å². The fraction of sp³-hybridized carbons (Fsp3) is 0.588. The van der Waals surface area contributed by atoms with Gasteiger partial charge in [0.1, 0.15) is 18.0 Å². The molecule has 4 nitrogen and oxygen atoms in total. The highest BCUT2D eigenvalue weighted by Crippen LogP contribution is 2.34. The number of benzene rings is 1. The van der Waals surface area contributed by atoms with Gasteiger partial charge in [0.15, 0.2) is 0 Å². The van der Waals surface area contributed by atoms with Crippen molar-refractivity contribution < 1.29 is 14.6 Å². The molecule has 0 spiro atoms. The minimum Gasteiger partial charge on any atom is -0.491 e. The Kier molecular flexibility index (Phi) is 3.89. The number of aliphatic hydroxyl groups is 1. The molecule has 1 heterocycles. The van der Waals surface area contributed by atoms with Crippen LogP contribution in [-0.2, 0) is 4.79 Å². The zero-order chi connectivity index (χ0) is 14.9. The summed E-state index contributed by atoms with van der Waals surface area (Å²) in [6, 6.07) is 7.79. The fourth-order valence-electron chi connectivity index (χ4n) is 2.81. The monoisotopic (exact) mass is 289 g/mol. The van der Waals surface area contributed by atoms with Crippen LogP contribution in [0.3, 0.4) is 0 Å². The van der Waals surface area contributed by atoms with Crippen molar-refractivity contribution in [3.8, 4) is 5.75 Å². The first kappa shape index (κ1) is 14.4. The second-order valence-electron chi connectivity index (χ2n) is 6.54. The third-order valence-corrected chi connectivity index (χ3v) is 4.34. The van der Waals surface area contributed by atoms with Crippen LogP contribution in [-0.4, -0.2) is 41.2 Å². The number of hydrogen-bond donors (Lipinski definition) is 1. The van der Waals surface area contributed by atoms with Crippen molar-refractivity contribution in [3.63, 3.8) is 0 Å². The van der Waals surface area contributed by atoms with Crippen LogP contribution in [0.25, 0.3) is 0 Å². The largest absolute Gasteiger partial charge is 0.491 e. The molecule has 1 atom stereocenters. The summed E-state index contributed by atoms with van der Waals surface area (Å²) in [5, 5.41) is 10.6. The number of β-amino-alcohol motifs (C(OH)–C–C–N with tert-alkyl or cyclic N) is 1. The van der Waals surface area contributed by atoms with Gasteiger partial charge >= 0.3 is 0 Å². The Labute approximate surface area is 125 Å². The maximum Gasteiger partial charge on any atom is 0.222 e. The standard InChI is InChI=1S/C17H23NO3/c1-13-3-2-4-15(9-13)21-12-17(20)7-8-18(11-17)16(19)10-14-5-6-14/h2-4,9,14,20H,5-8,10-12H2,1H3/t17-/m0/s1. The maximum atomic E-state index is 12.1. The molecule has 0 unspecified atom stereocenters. The van der Waals surface area contributed by atoms with Crippen LogP contribution >= 0.6 is 0 Å². The number of carbonyl (C=O) groups is 1. The average Bonchev–Trinajstić information content (AvgIpc) is 3.17. The van der Waals surface area contributed by atoms with Gasteiger partial charge in [0.2, 0.25) is 5.91 Å². The maximum absolute atomic E-state index is 12.1. The van der Waals surface area contributed by atoms with E-state index in [1.807, 2.05) is 31.2 Å². The molecule has 2 fully saturated rings. The first-order valence-electron chi connectivity index (χ1n) is 7.74. The summed E-state index contributed by atoms with van der Waals surface area (Å²) in [5.41, 5.74) is 0.218. The van der Waals surface area contributed by atoms with Crippen molar-refractivity contribution >= 4 is 5.91 Å². The number of aryl methyl sites for hydroxylation is 1. The fourth-order valence-corrected chi connectivity index (χ4v) is 2.81. The molecule has 114 valence electrons. The summed E-state index contributed by atoms with van der Waals surface area (Å²) in [4.78, 5) is 13.9. The molecule has 1 aliphatic carbocycles. The normalized spacial score (nSPS) is 25.1. The Hall–Kier alpha value is -1.55. The van der Waals surface area contributed by atoms with Crippen molar-refractivity contribution in [2.45, 2.75) is 38.2 Å². The summed E-state index contributed by atoms with van der Waals surface area (Å²) < 4.78 is 5.71. The van der Waals surface area contributed by atoms with Gasteiger partial charge in [-0.1, -0.05) is 12.1 Å². The molecular weight excluding hydrogens is 266 g/mol. The van der Waals surface area contributed by atoms with Crippen LogP contribution < -0.4 is 4.74 Å². The van der Waals surface area contributed by atoms with Gasteiger partial charge in [0.25, 0.3) is 0 Å². The molecule has 1 aliphatic heterocycles. The van der Waals surface area contributed by atoms with Gasteiger partial charge in [-0.3, -0.25) is 4.79 Å². The predicted molar refractivity (Wildman–Crippen MR) is 80.2 cm³/mol. The van der Waals surface area contributed by atoms with Gasteiger partial charge in [0, 0.05) is 13.0 Å². The molecule has 2 aliphatic rings. The summed E-state index contributed by atoms with van der Waals surface area (Å²) in [7, 11) is 0. The van der Waals surface area contributed by atoms with Crippen LogP contribution in [0.2, 0.25) is 0 Å². The predicted octanol–water partition coefficient (Wildman–Crippen LogP) is 2.14. The minimum atomic E-state index is -0.914. The molecule has 0 bridgehead atoms. The Morgan fingerprint density at radius 1 is 1.48 bits per heavy atom. The Morgan fingerprint density at radius 3 is 3.00 bits per heavy atom. The number of hydrogen-bond acceptors (Lipinski definition) is 3. The summed E-state index contributed by atoms with van der Waals surface area (Å²) in [6.07, 6.45) is 3.60. The van der Waals surface area contributed by atoms with Crippen LogP contribution in [0.5, 0.6) is 5.75 Å². The Balaban J connectivity index is 1.52. The number of nitrogens with zero attached hydrogens (tertiary/aromatic N) is 1. The smallest absolute Gasteiger partial charge is 0.222 e. The third-order valence-electron chi connectivity index (χ3n) is 4.34. The summed E-state index contributed by atoms with van der Waals surface area (Å²) in [5.74, 6) is 1.55. The van der Waals surface area contributed by atoms with E-state index >= 15 is 0 Å². The molecule has 1 N–H and O–H groups in total. The highest BCUT2D eigenvalue weighted by atomic mass is 16.5. The lowest BCUT2D eigenvalue weighted by Gasteiger charge is -2.23. The lowest BCUT2D eigenvalue weighted by atomic mass is 10.1. The molecule has 1 aromatic carbocycles. The molecule has 1 saturated carbocycles. The second kappa shape index (κ2) is 5.68. The van der Waals surface area contributed by atoms with E-state index in [-0.39, 0.29) is 12.5 Å². The molecule has 21 heavy (non-hydrogen) atoms. The topological polar surface area (TPSA) is 49.8 Å². The summed E-state index contributed by atoms with van der Waals surface area (Å²) >= 11 is 0. The van der Waals surface area contributed by atoms with Gasteiger partial charge in [-0.2, -0.15) is 0 Å². The first-order valence-corrected chi connectivity index (χ1v) is 7.74.